The maximum absolute atomic E-state index is 12.6. The Labute approximate surface area is 114 Å². The lowest BCUT2D eigenvalue weighted by atomic mass is 10.0. The average molecular weight is 262 g/mol. The number of hydrogen-bond acceptors (Lipinski definition) is 3. The van der Waals surface area contributed by atoms with Gasteiger partial charge >= 0.3 is 0 Å². The number of ether oxygens (including phenoxy) is 1. The first-order valence-corrected chi connectivity index (χ1v) is 6.79. The zero-order valence-corrected chi connectivity index (χ0v) is 11.7. The molecule has 19 heavy (non-hydrogen) atoms. The van der Waals surface area contributed by atoms with E-state index in [0.717, 1.165) is 17.5 Å². The molecule has 0 saturated carbocycles. The van der Waals surface area contributed by atoms with Crippen molar-refractivity contribution in [3.63, 3.8) is 0 Å². The van der Waals surface area contributed by atoms with E-state index >= 15 is 0 Å². The minimum Gasteiger partial charge on any atom is -0.377 e. The summed E-state index contributed by atoms with van der Waals surface area (Å²) in [6.45, 7) is 6.50. The number of nitrogens with zero attached hydrogens (tertiary/aromatic N) is 1. The van der Waals surface area contributed by atoms with Gasteiger partial charge in [-0.25, -0.2) is 0 Å². The molecular weight excluding hydrogens is 240 g/mol. The predicted molar refractivity (Wildman–Crippen MR) is 75.2 cm³/mol. The molecule has 1 atom stereocenters. The lowest BCUT2D eigenvalue weighted by Gasteiger charge is -2.35. The topological polar surface area (TPSA) is 55.6 Å². The van der Waals surface area contributed by atoms with Crippen LogP contribution in [0.15, 0.2) is 18.2 Å². The zero-order chi connectivity index (χ0) is 13.8. The van der Waals surface area contributed by atoms with Crippen LogP contribution in [-0.2, 0) is 4.74 Å². The predicted octanol–water partition coefficient (Wildman–Crippen LogP) is 1.49. The van der Waals surface area contributed by atoms with Gasteiger partial charge in [0.15, 0.2) is 0 Å². The Balaban J connectivity index is 2.18. The van der Waals surface area contributed by atoms with Crippen molar-refractivity contribution in [3.05, 3.63) is 34.9 Å². The third kappa shape index (κ3) is 3.14. The normalized spacial score (nSPS) is 19.5. The quantitative estimate of drug-likeness (QED) is 0.898. The minimum absolute atomic E-state index is 0.0878. The molecule has 2 N–H and O–H groups in total. The highest BCUT2D eigenvalue weighted by Gasteiger charge is 2.27. The fourth-order valence-corrected chi connectivity index (χ4v) is 2.39. The summed E-state index contributed by atoms with van der Waals surface area (Å²) in [5.41, 5.74) is 8.72. The second kappa shape index (κ2) is 6.17. The van der Waals surface area contributed by atoms with Crippen LogP contribution in [0.4, 0.5) is 0 Å². The summed E-state index contributed by atoms with van der Waals surface area (Å²) in [5, 5.41) is 0. The summed E-state index contributed by atoms with van der Waals surface area (Å²) in [5.74, 6) is 0.0878. The first kappa shape index (κ1) is 14.0. The van der Waals surface area contributed by atoms with Gasteiger partial charge in [0.25, 0.3) is 5.91 Å². The number of nitrogens with two attached hydrogens (primary N) is 1. The van der Waals surface area contributed by atoms with Gasteiger partial charge in [-0.3, -0.25) is 4.79 Å². The van der Waals surface area contributed by atoms with Crippen molar-refractivity contribution in [2.24, 2.45) is 5.73 Å². The number of benzene rings is 1. The lowest BCUT2D eigenvalue weighted by molar-refractivity contribution is -0.00344. The molecule has 1 saturated heterocycles. The molecule has 1 unspecified atom stereocenters. The van der Waals surface area contributed by atoms with Crippen molar-refractivity contribution in [2.75, 3.05) is 26.3 Å². The number of hydrogen-bond donors (Lipinski definition) is 1. The summed E-state index contributed by atoms with van der Waals surface area (Å²) in [6.07, 6.45) is 0.788. The number of aryl methyl sites for hydroxylation is 2. The third-order valence-electron chi connectivity index (χ3n) is 3.74. The number of rotatable bonds is 3. The Hall–Kier alpha value is -1.39. The third-order valence-corrected chi connectivity index (χ3v) is 3.74. The molecule has 0 radical (unpaired) electrons. The molecule has 1 aliphatic heterocycles. The molecule has 2 rings (SSSR count). The molecule has 0 bridgehead atoms. The first-order chi connectivity index (χ1) is 9.13. The van der Waals surface area contributed by atoms with Crippen molar-refractivity contribution in [3.8, 4) is 0 Å². The highest BCUT2D eigenvalue weighted by Crippen LogP contribution is 2.17. The van der Waals surface area contributed by atoms with E-state index in [1.807, 2.05) is 30.0 Å². The van der Waals surface area contributed by atoms with Crippen molar-refractivity contribution in [2.45, 2.75) is 26.3 Å². The number of carbonyl (C=O) groups is 1. The maximum Gasteiger partial charge on any atom is 0.254 e. The largest absolute Gasteiger partial charge is 0.377 e. The highest BCUT2D eigenvalue weighted by atomic mass is 16.5. The average Bonchev–Trinajstić information content (AvgIpc) is 2.42. The van der Waals surface area contributed by atoms with E-state index in [1.54, 1.807) is 0 Å². The van der Waals surface area contributed by atoms with Crippen molar-refractivity contribution < 1.29 is 9.53 Å². The van der Waals surface area contributed by atoms with Crippen LogP contribution >= 0.6 is 0 Å². The highest BCUT2D eigenvalue weighted by molar-refractivity contribution is 5.94. The molecule has 1 aliphatic rings. The van der Waals surface area contributed by atoms with Gasteiger partial charge in [0.05, 0.1) is 19.3 Å². The van der Waals surface area contributed by atoms with Gasteiger partial charge < -0.3 is 15.4 Å². The van der Waals surface area contributed by atoms with Crippen LogP contribution < -0.4 is 5.73 Å². The molecule has 0 aromatic heterocycles. The van der Waals surface area contributed by atoms with Crippen LogP contribution in [0, 0.1) is 13.8 Å². The molecule has 0 spiro atoms. The van der Waals surface area contributed by atoms with Gasteiger partial charge in [0.1, 0.15) is 0 Å². The molecule has 1 aromatic carbocycles. The molecule has 1 fully saturated rings. The van der Waals surface area contributed by atoms with E-state index < -0.39 is 0 Å². The summed E-state index contributed by atoms with van der Waals surface area (Å²) in [6, 6.07) is 5.97. The molecule has 1 aromatic rings. The van der Waals surface area contributed by atoms with Crippen LogP contribution in [0.25, 0.3) is 0 Å². The standard InChI is InChI=1S/C15H22N2O2/c1-11-3-4-13(9-12(11)2)15(18)17-7-8-19-10-14(17)5-6-16/h3-4,9,14H,5-8,10,16H2,1-2H3. The van der Waals surface area contributed by atoms with E-state index in [2.05, 4.69) is 6.92 Å². The number of morpholine rings is 1. The Morgan fingerprint density at radius 1 is 1.42 bits per heavy atom. The summed E-state index contributed by atoms with van der Waals surface area (Å²) in [4.78, 5) is 14.5. The SMILES string of the molecule is Cc1ccc(C(=O)N2CCOCC2CCN)cc1C. The van der Waals surface area contributed by atoms with Gasteiger partial charge in [0, 0.05) is 12.1 Å². The van der Waals surface area contributed by atoms with Crippen LogP contribution in [-0.4, -0.2) is 43.2 Å². The van der Waals surface area contributed by atoms with E-state index in [-0.39, 0.29) is 11.9 Å². The van der Waals surface area contributed by atoms with Crippen LogP contribution in [0.1, 0.15) is 27.9 Å². The number of amides is 1. The zero-order valence-electron chi connectivity index (χ0n) is 11.7. The van der Waals surface area contributed by atoms with E-state index in [4.69, 9.17) is 10.5 Å². The van der Waals surface area contributed by atoms with Gasteiger partial charge in [-0.2, -0.15) is 0 Å². The second-order valence-corrected chi connectivity index (χ2v) is 5.10. The molecule has 0 aliphatic carbocycles. The Kier molecular flexibility index (Phi) is 4.56. The minimum atomic E-state index is 0.0878. The Morgan fingerprint density at radius 2 is 2.21 bits per heavy atom. The summed E-state index contributed by atoms with van der Waals surface area (Å²) >= 11 is 0. The summed E-state index contributed by atoms with van der Waals surface area (Å²) in [7, 11) is 0. The van der Waals surface area contributed by atoms with Gasteiger partial charge in [0.2, 0.25) is 0 Å². The van der Waals surface area contributed by atoms with Gasteiger partial charge in [-0.15, -0.1) is 0 Å². The molecule has 1 heterocycles. The van der Waals surface area contributed by atoms with E-state index in [1.165, 1.54) is 5.56 Å². The fraction of sp³-hybridized carbons (Fsp3) is 0.533. The van der Waals surface area contributed by atoms with Gasteiger partial charge in [-0.1, -0.05) is 6.07 Å². The van der Waals surface area contributed by atoms with E-state index in [0.29, 0.717) is 26.3 Å². The molecular formula is C15H22N2O2. The second-order valence-electron chi connectivity index (χ2n) is 5.10. The van der Waals surface area contributed by atoms with Crippen molar-refractivity contribution >= 4 is 5.91 Å². The Bertz CT molecular complexity index is 457. The monoisotopic (exact) mass is 262 g/mol. The molecule has 4 nitrogen and oxygen atoms in total. The molecule has 104 valence electrons. The fourth-order valence-electron chi connectivity index (χ4n) is 2.39. The van der Waals surface area contributed by atoms with Crippen LogP contribution in [0.5, 0.6) is 0 Å². The maximum atomic E-state index is 12.6. The molecule has 1 amide bonds. The van der Waals surface area contributed by atoms with E-state index in [9.17, 15) is 4.79 Å². The first-order valence-electron chi connectivity index (χ1n) is 6.79. The van der Waals surface area contributed by atoms with Crippen LogP contribution in [0.2, 0.25) is 0 Å². The Morgan fingerprint density at radius 3 is 2.89 bits per heavy atom. The molecule has 4 heteroatoms. The van der Waals surface area contributed by atoms with Crippen molar-refractivity contribution in [1.82, 2.24) is 4.90 Å². The summed E-state index contributed by atoms with van der Waals surface area (Å²) < 4.78 is 5.44. The smallest absolute Gasteiger partial charge is 0.254 e. The number of carbonyl (C=O) groups excluding carboxylic acids is 1. The van der Waals surface area contributed by atoms with Crippen molar-refractivity contribution in [1.29, 1.82) is 0 Å². The van der Waals surface area contributed by atoms with Crippen LogP contribution in [0.3, 0.4) is 0 Å². The lowest BCUT2D eigenvalue weighted by Crippen LogP contribution is -2.49. The van der Waals surface area contributed by atoms with Gasteiger partial charge in [-0.05, 0) is 50.1 Å².